The predicted molar refractivity (Wildman–Crippen MR) is 73.3 cm³/mol. The second-order valence-electron chi connectivity index (χ2n) is 3.92. The van der Waals surface area contributed by atoms with Gasteiger partial charge in [0.25, 0.3) is 0 Å². The molecule has 0 saturated heterocycles. The van der Waals surface area contributed by atoms with Gasteiger partial charge in [0.05, 0.1) is 0 Å². The molecule has 0 bridgehead atoms. The number of rotatable bonds is 8. The number of nitrogens with one attached hydrogen (secondary N) is 1. The van der Waals surface area contributed by atoms with Crippen molar-refractivity contribution in [1.82, 2.24) is 9.55 Å². The van der Waals surface area contributed by atoms with E-state index in [2.05, 4.69) is 41.8 Å². The van der Waals surface area contributed by atoms with Gasteiger partial charge in [-0.05, 0) is 31.3 Å². The third kappa shape index (κ3) is 4.08. The van der Waals surface area contributed by atoms with Crippen molar-refractivity contribution in [2.45, 2.75) is 39.7 Å². The molecule has 1 N–H and O–H groups in total. The summed E-state index contributed by atoms with van der Waals surface area (Å²) in [6.07, 6.45) is 6.28. The summed E-state index contributed by atoms with van der Waals surface area (Å²) in [5.74, 6) is 3.44. The normalized spacial score (nSPS) is 12.7. The van der Waals surface area contributed by atoms with Crippen LogP contribution in [0.2, 0.25) is 0 Å². The Morgan fingerprint density at radius 3 is 3.00 bits per heavy atom. The Morgan fingerprint density at radius 1 is 1.50 bits per heavy atom. The molecule has 0 saturated carbocycles. The third-order valence-corrected chi connectivity index (χ3v) is 3.49. The SMILES string of the molecule is CCCNc1nccn1C(C)CCSCC. The van der Waals surface area contributed by atoms with Crippen molar-refractivity contribution >= 4 is 17.7 Å². The highest BCUT2D eigenvalue weighted by Crippen LogP contribution is 2.18. The van der Waals surface area contributed by atoms with E-state index in [9.17, 15) is 0 Å². The molecular weight excluding hydrogens is 218 g/mol. The van der Waals surface area contributed by atoms with Crippen molar-refractivity contribution in [1.29, 1.82) is 0 Å². The quantitative estimate of drug-likeness (QED) is 0.707. The number of thioether (sulfide) groups is 1. The van der Waals surface area contributed by atoms with E-state index in [1.54, 1.807) is 0 Å². The van der Waals surface area contributed by atoms with Gasteiger partial charge in [0.15, 0.2) is 0 Å². The molecule has 1 rings (SSSR count). The number of aromatic nitrogens is 2. The molecule has 92 valence electrons. The summed E-state index contributed by atoms with van der Waals surface area (Å²) in [5, 5.41) is 3.36. The monoisotopic (exact) mass is 241 g/mol. The van der Waals surface area contributed by atoms with Crippen LogP contribution in [0.15, 0.2) is 12.4 Å². The van der Waals surface area contributed by atoms with Gasteiger partial charge in [-0.25, -0.2) is 4.98 Å². The lowest BCUT2D eigenvalue weighted by Crippen LogP contribution is -2.12. The molecule has 0 aliphatic rings. The summed E-state index contributed by atoms with van der Waals surface area (Å²) >= 11 is 2.00. The minimum absolute atomic E-state index is 0.529. The highest BCUT2D eigenvalue weighted by molar-refractivity contribution is 7.99. The summed E-state index contributed by atoms with van der Waals surface area (Å²) in [5.41, 5.74) is 0. The number of nitrogens with zero attached hydrogens (tertiary/aromatic N) is 2. The fourth-order valence-corrected chi connectivity index (χ4v) is 2.38. The van der Waals surface area contributed by atoms with Crippen molar-refractivity contribution in [2.75, 3.05) is 23.4 Å². The maximum absolute atomic E-state index is 4.35. The largest absolute Gasteiger partial charge is 0.356 e. The molecular formula is C12H23N3S. The minimum atomic E-state index is 0.529. The number of imidazole rings is 1. The van der Waals surface area contributed by atoms with Crippen LogP contribution >= 0.6 is 11.8 Å². The Balaban J connectivity index is 2.46. The lowest BCUT2D eigenvalue weighted by Gasteiger charge is -2.16. The first-order valence-corrected chi connectivity index (χ1v) is 7.29. The van der Waals surface area contributed by atoms with Gasteiger partial charge in [-0.3, -0.25) is 0 Å². The summed E-state index contributed by atoms with van der Waals surface area (Å²) in [6, 6.07) is 0.529. The molecule has 1 atom stereocenters. The van der Waals surface area contributed by atoms with Gasteiger partial charge < -0.3 is 9.88 Å². The zero-order chi connectivity index (χ0) is 11.8. The molecule has 0 radical (unpaired) electrons. The Hall–Kier alpha value is -0.640. The lowest BCUT2D eigenvalue weighted by molar-refractivity contribution is 0.539. The maximum atomic E-state index is 4.35. The average Bonchev–Trinajstić information content (AvgIpc) is 2.74. The molecule has 1 heterocycles. The predicted octanol–water partition coefficient (Wildman–Crippen LogP) is 3.41. The second-order valence-corrected chi connectivity index (χ2v) is 5.31. The average molecular weight is 241 g/mol. The van der Waals surface area contributed by atoms with Crippen LogP contribution in [0.5, 0.6) is 0 Å². The van der Waals surface area contributed by atoms with Crippen molar-refractivity contribution in [3.8, 4) is 0 Å². The van der Waals surface area contributed by atoms with Gasteiger partial charge >= 0.3 is 0 Å². The van der Waals surface area contributed by atoms with Crippen LogP contribution < -0.4 is 5.32 Å². The fraction of sp³-hybridized carbons (Fsp3) is 0.750. The molecule has 0 aliphatic carbocycles. The lowest BCUT2D eigenvalue weighted by atomic mass is 10.2. The van der Waals surface area contributed by atoms with Crippen LogP contribution in [0.25, 0.3) is 0 Å². The summed E-state index contributed by atoms with van der Waals surface area (Å²) in [7, 11) is 0. The molecule has 0 aliphatic heterocycles. The van der Waals surface area contributed by atoms with E-state index in [1.807, 2.05) is 18.0 Å². The van der Waals surface area contributed by atoms with E-state index < -0.39 is 0 Å². The van der Waals surface area contributed by atoms with E-state index in [0.717, 1.165) is 18.9 Å². The second kappa shape index (κ2) is 7.60. The van der Waals surface area contributed by atoms with Crippen LogP contribution in [0.1, 0.15) is 39.7 Å². The molecule has 1 unspecified atom stereocenters. The van der Waals surface area contributed by atoms with Crippen molar-refractivity contribution in [3.63, 3.8) is 0 Å². The molecule has 1 aromatic rings. The fourth-order valence-electron chi connectivity index (χ4n) is 1.58. The van der Waals surface area contributed by atoms with E-state index >= 15 is 0 Å². The first kappa shape index (κ1) is 13.4. The van der Waals surface area contributed by atoms with E-state index in [-0.39, 0.29) is 0 Å². The van der Waals surface area contributed by atoms with Gasteiger partial charge in [-0.1, -0.05) is 13.8 Å². The highest BCUT2D eigenvalue weighted by Gasteiger charge is 2.08. The number of hydrogen-bond donors (Lipinski definition) is 1. The molecule has 16 heavy (non-hydrogen) atoms. The smallest absolute Gasteiger partial charge is 0.203 e. The summed E-state index contributed by atoms with van der Waals surface area (Å²) in [4.78, 5) is 4.35. The number of hydrogen-bond acceptors (Lipinski definition) is 3. The maximum Gasteiger partial charge on any atom is 0.203 e. The van der Waals surface area contributed by atoms with Crippen molar-refractivity contribution in [2.24, 2.45) is 0 Å². The molecule has 0 aromatic carbocycles. The van der Waals surface area contributed by atoms with Crippen LogP contribution in [0, 0.1) is 0 Å². The van der Waals surface area contributed by atoms with Crippen LogP contribution in [0.3, 0.4) is 0 Å². The van der Waals surface area contributed by atoms with Gasteiger partial charge in [0.1, 0.15) is 0 Å². The van der Waals surface area contributed by atoms with E-state index in [1.165, 1.54) is 17.9 Å². The van der Waals surface area contributed by atoms with Crippen LogP contribution in [-0.2, 0) is 0 Å². The topological polar surface area (TPSA) is 29.9 Å². The Kier molecular flexibility index (Phi) is 6.38. The first-order valence-electron chi connectivity index (χ1n) is 6.14. The zero-order valence-electron chi connectivity index (χ0n) is 10.6. The van der Waals surface area contributed by atoms with Gasteiger partial charge in [-0.2, -0.15) is 11.8 Å². The zero-order valence-corrected chi connectivity index (χ0v) is 11.4. The van der Waals surface area contributed by atoms with Gasteiger partial charge in [0, 0.05) is 25.0 Å². The van der Waals surface area contributed by atoms with Crippen LogP contribution in [0.4, 0.5) is 5.95 Å². The first-order chi connectivity index (χ1) is 7.79. The van der Waals surface area contributed by atoms with E-state index in [4.69, 9.17) is 0 Å². The number of anilines is 1. The van der Waals surface area contributed by atoms with E-state index in [0.29, 0.717) is 6.04 Å². The van der Waals surface area contributed by atoms with Crippen molar-refractivity contribution in [3.05, 3.63) is 12.4 Å². The third-order valence-electron chi connectivity index (χ3n) is 2.56. The Bertz CT molecular complexity index is 286. The Labute approximate surface area is 103 Å². The molecule has 0 amide bonds. The molecule has 3 nitrogen and oxygen atoms in total. The van der Waals surface area contributed by atoms with Crippen molar-refractivity contribution < 1.29 is 0 Å². The molecule has 4 heteroatoms. The van der Waals surface area contributed by atoms with Crippen LogP contribution in [-0.4, -0.2) is 27.6 Å². The van der Waals surface area contributed by atoms with Gasteiger partial charge in [0.2, 0.25) is 5.95 Å². The van der Waals surface area contributed by atoms with Gasteiger partial charge in [-0.15, -0.1) is 0 Å². The molecule has 0 fully saturated rings. The summed E-state index contributed by atoms with van der Waals surface area (Å²) in [6.45, 7) is 7.63. The molecule has 1 aromatic heterocycles. The standard InChI is InChI=1S/C12H23N3S/c1-4-7-13-12-14-8-9-15(12)11(3)6-10-16-5-2/h8-9,11H,4-7,10H2,1-3H3,(H,13,14). The minimum Gasteiger partial charge on any atom is -0.356 e. The Morgan fingerprint density at radius 2 is 2.31 bits per heavy atom. The molecule has 0 spiro atoms. The highest BCUT2D eigenvalue weighted by atomic mass is 32.2. The summed E-state index contributed by atoms with van der Waals surface area (Å²) < 4.78 is 2.24.